The van der Waals surface area contributed by atoms with Crippen molar-refractivity contribution in [2.45, 2.75) is 0 Å². The number of H-pyrrole nitrogens is 1. The van der Waals surface area contributed by atoms with E-state index in [0.717, 1.165) is 5.56 Å². The van der Waals surface area contributed by atoms with Gasteiger partial charge in [-0.25, -0.2) is 4.98 Å². The van der Waals surface area contributed by atoms with E-state index in [4.69, 9.17) is 14.2 Å². The van der Waals surface area contributed by atoms with Crippen LogP contribution in [0.1, 0.15) is 5.82 Å². The molecule has 1 heterocycles. The number of benzene rings is 3. The predicted molar refractivity (Wildman–Crippen MR) is 133 cm³/mol. The lowest BCUT2D eigenvalue weighted by atomic mass is 10.2. The van der Waals surface area contributed by atoms with Gasteiger partial charge in [-0.3, -0.25) is 15.3 Å². The molecule has 10 nitrogen and oxygen atoms in total. The fourth-order valence-electron chi connectivity index (χ4n) is 3.10. The van der Waals surface area contributed by atoms with Gasteiger partial charge in [0.25, 0.3) is 5.91 Å². The van der Waals surface area contributed by atoms with Crippen molar-refractivity contribution in [3.05, 3.63) is 78.6 Å². The Morgan fingerprint density at radius 3 is 1.83 bits per heavy atom. The molecule has 178 valence electrons. The number of nitrogens with zero attached hydrogens (tertiary/aromatic N) is 3. The summed E-state index contributed by atoms with van der Waals surface area (Å²) in [7, 11) is 4.76. The maximum Gasteiger partial charge on any atom is 0.280 e. The number of aromatic amines is 1. The van der Waals surface area contributed by atoms with Crippen molar-refractivity contribution in [1.82, 2.24) is 15.2 Å². The number of carbonyl (C=O) groups excluding carboxylic acids is 1. The standard InChI is InChI=1S/C25H24N6O4/c1-33-19-10-4-16(5-11-19)23-27-24(31-30-23)22(29-28-18-8-14-21(35-3)15-9-18)25(32)26-17-6-12-20(34-2)13-7-17/h4-15,28H,1-3H3,(H,26,32)(H,27,30,31). The highest BCUT2D eigenvalue weighted by Gasteiger charge is 2.20. The molecule has 1 amide bonds. The summed E-state index contributed by atoms with van der Waals surface area (Å²) in [4.78, 5) is 17.7. The molecule has 0 saturated heterocycles. The summed E-state index contributed by atoms with van der Waals surface area (Å²) in [5, 5.41) is 14.2. The van der Waals surface area contributed by atoms with Crippen LogP contribution in [0.5, 0.6) is 17.2 Å². The topological polar surface area (TPSA) is 123 Å². The molecule has 0 saturated carbocycles. The first-order chi connectivity index (χ1) is 17.1. The molecule has 4 aromatic rings. The number of rotatable bonds is 9. The largest absolute Gasteiger partial charge is 0.497 e. The van der Waals surface area contributed by atoms with Crippen molar-refractivity contribution in [1.29, 1.82) is 0 Å². The van der Waals surface area contributed by atoms with Gasteiger partial charge in [-0.2, -0.15) is 10.2 Å². The van der Waals surface area contributed by atoms with Crippen molar-refractivity contribution in [2.75, 3.05) is 32.1 Å². The Kier molecular flexibility index (Phi) is 7.22. The molecule has 0 aliphatic rings. The number of anilines is 2. The number of hydrogen-bond donors (Lipinski definition) is 3. The van der Waals surface area contributed by atoms with E-state index < -0.39 is 5.91 Å². The number of methoxy groups -OCH3 is 3. The van der Waals surface area contributed by atoms with Crippen LogP contribution in [0.2, 0.25) is 0 Å². The number of carbonyl (C=O) groups is 1. The summed E-state index contributed by atoms with van der Waals surface area (Å²) in [6.07, 6.45) is 0. The summed E-state index contributed by atoms with van der Waals surface area (Å²) in [6.45, 7) is 0. The van der Waals surface area contributed by atoms with Gasteiger partial charge in [0.05, 0.1) is 27.0 Å². The molecule has 1 aromatic heterocycles. The molecule has 3 N–H and O–H groups in total. The highest BCUT2D eigenvalue weighted by atomic mass is 16.5. The lowest BCUT2D eigenvalue weighted by Crippen LogP contribution is -2.26. The Labute approximate surface area is 202 Å². The van der Waals surface area contributed by atoms with Gasteiger partial charge in [0.2, 0.25) is 0 Å². The van der Waals surface area contributed by atoms with Crippen LogP contribution in [-0.4, -0.2) is 48.1 Å². The number of ether oxygens (including phenoxy) is 3. The van der Waals surface area contributed by atoms with Crippen LogP contribution in [0.25, 0.3) is 11.4 Å². The van der Waals surface area contributed by atoms with Crippen molar-refractivity contribution >= 4 is 23.0 Å². The van der Waals surface area contributed by atoms with Gasteiger partial charge in [-0.1, -0.05) is 0 Å². The molecule has 0 radical (unpaired) electrons. The Morgan fingerprint density at radius 2 is 1.29 bits per heavy atom. The van der Waals surface area contributed by atoms with Crippen molar-refractivity contribution in [2.24, 2.45) is 5.10 Å². The molecule has 35 heavy (non-hydrogen) atoms. The fourth-order valence-corrected chi connectivity index (χ4v) is 3.10. The summed E-state index contributed by atoms with van der Waals surface area (Å²) in [5.74, 6) is 2.23. The SMILES string of the molecule is COc1ccc(NN=C(C(=O)Nc2ccc(OC)cc2)c2nc(-c3ccc(OC)cc3)n[nH]2)cc1. The van der Waals surface area contributed by atoms with Crippen molar-refractivity contribution in [3.63, 3.8) is 0 Å². The van der Waals surface area contributed by atoms with Crippen LogP contribution in [0.3, 0.4) is 0 Å². The zero-order valence-electron chi connectivity index (χ0n) is 19.4. The second-order valence-electron chi connectivity index (χ2n) is 7.22. The van der Waals surface area contributed by atoms with Crippen LogP contribution < -0.4 is 25.0 Å². The monoisotopic (exact) mass is 472 g/mol. The molecule has 4 rings (SSSR count). The minimum atomic E-state index is -0.478. The Bertz CT molecular complexity index is 1300. The highest BCUT2D eigenvalue weighted by Crippen LogP contribution is 2.20. The lowest BCUT2D eigenvalue weighted by Gasteiger charge is -2.08. The Balaban J connectivity index is 1.61. The van der Waals surface area contributed by atoms with E-state index in [9.17, 15) is 4.79 Å². The second-order valence-corrected chi connectivity index (χ2v) is 7.22. The maximum absolute atomic E-state index is 13.2. The molecule has 10 heteroatoms. The molecule has 0 bridgehead atoms. The first-order valence-corrected chi connectivity index (χ1v) is 10.6. The third-order valence-corrected chi connectivity index (χ3v) is 5.01. The van der Waals surface area contributed by atoms with Crippen molar-refractivity contribution in [3.8, 4) is 28.6 Å². The third kappa shape index (κ3) is 5.74. The highest BCUT2D eigenvalue weighted by molar-refractivity contribution is 6.48. The van der Waals surface area contributed by atoms with Gasteiger partial charge in [0, 0.05) is 11.3 Å². The van der Waals surface area contributed by atoms with E-state index in [1.165, 1.54) is 0 Å². The number of nitrogens with one attached hydrogen (secondary N) is 3. The molecule has 3 aromatic carbocycles. The molecule has 0 fully saturated rings. The quantitative estimate of drug-likeness (QED) is 0.249. The maximum atomic E-state index is 13.2. The van der Waals surface area contributed by atoms with Crippen LogP contribution in [0.4, 0.5) is 11.4 Å². The fraction of sp³-hybridized carbons (Fsp3) is 0.120. The van der Waals surface area contributed by atoms with Gasteiger partial charge in [0.1, 0.15) is 17.2 Å². The third-order valence-electron chi connectivity index (χ3n) is 5.01. The molecule has 0 aliphatic heterocycles. The smallest absolute Gasteiger partial charge is 0.280 e. The minimum Gasteiger partial charge on any atom is -0.497 e. The first kappa shape index (κ1) is 23.3. The van der Waals surface area contributed by atoms with Gasteiger partial charge in [-0.05, 0) is 72.8 Å². The van der Waals surface area contributed by atoms with Crippen LogP contribution in [-0.2, 0) is 4.79 Å². The van der Waals surface area contributed by atoms with Gasteiger partial charge >= 0.3 is 0 Å². The van der Waals surface area contributed by atoms with E-state index in [1.807, 2.05) is 24.3 Å². The summed E-state index contributed by atoms with van der Waals surface area (Å²) in [5.41, 5.74) is 4.90. The predicted octanol–water partition coefficient (Wildman–Crippen LogP) is 3.95. The van der Waals surface area contributed by atoms with Gasteiger partial charge < -0.3 is 19.5 Å². The lowest BCUT2D eigenvalue weighted by molar-refractivity contribution is -0.110. The zero-order valence-corrected chi connectivity index (χ0v) is 19.4. The molecule has 0 atom stereocenters. The summed E-state index contributed by atoms with van der Waals surface area (Å²) in [6, 6.07) is 21.4. The first-order valence-electron chi connectivity index (χ1n) is 10.6. The van der Waals surface area contributed by atoms with E-state index in [2.05, 4.69) is 31.0 Å². The zero-order chi connectivity index (χ0) is 24.6. The average Bonchev–Trinajstić information content (AvgIpc) is 3.39. The van der Waals surface area contributed by atoms with E-state index in [1.54, 1.807) is 69.9 Å². The van der Waals surface area contributed by atoms with Gasteiger partial charge in [-0.15, -0.1) is 0 Å². The minimum absolute atomic E-state index is 0.0175. The summed E-state index contributed by atoms with van der Waals surface area (Å²) >= 11 is 0. The number of hydrazone groups is 1. The number of amides is 1. The molecule has 0 spiro atoms. The Hall–Kier alpha value is -4.86. The van der Waals surface area contributed by atoms with Crippen LogP contribution >= 0.6 is 0 Å². The number of aromatic nitrogens is 3. The second kappa shape index (κ2) is 10.8. The van der Waals surface area contributed by atoms with E-state index >= 15 is 0 Å². The number of hydrogen-bond acceptors (Lipinski definition) is 8. The van der Waals surface area contributed by atoms with E-state index in [-0.39, 0.29) is 11.5 Å². The Morgan fingerprint density at radius 1 is 0.771 bits per heavy atom. The molecular weight excluding hydrogens is 448 g/mol. The molecule has 0 unspecified atom stereocenters. The van der Waals surface area contributed by atoms with E-state index in [0.29, 0.717) is 34.4 Å². The average molecular weight is 473 g/mol. The van der Waals surface area contributed by atoms with Crippen LogP contribution in [0.15, 0.2) is 77.9 Å². The van der Waals surface area contributed by atoms with Crippen LogP contribution in [0, 0.1) is 0 Å². The molecule has 0 aliphatic carbocycles. The molecular formula is C25H24N6O4. The summed E-state index contributed by atoms with van der Waals surface area (Å²) < 4.78 is 15.5. The van der Waals surface area contributed by atoms with Crippen molar-refractivity contribution < 1.29 is 19.0 Å². The normalized spacial score (nSPS) is 11.0. The van der Waals surface area contributed by atoms with Gasteiger partial charge in [0.15, 0.2) is 17.4 Å².